The van der Waals surface area contributed by atoms with E-state index in [2.05, 4.69) is 4.98 Å². The molecule has 0 unspecified atom stereocenters. The van der Waals surface area contributed by atoms with Crippen molar-refractivity contribution in [2.45, 2.75) is 32.7 Å². The Kier molecular flexibility index (Phi) is 6.36. The van der Waals surface area contributed by atoms with Crippen LogP contribution in [0.1, 0.15) is 31.0 Å². The van der Waals surface area contributed by atoms with Gasteiger partial charge in [-0.15, -0.1) is 0 Å². The van der Waals surface area contributed by atoms with Crippen molar-refractivity contribution in [3.05, 3.63) is 41.6 Å². The molecular weight excluding hydrogens is 372 g/mol. The van der Waals surface area contributed by atoms with Gasteiger partial charge in [-0.1, -0.05) is 6.07 Å². The first-order chi connectivity index (χ1) is 14.0. The molecule has 154 valence electrons. The molecule has 7 heteroatoms. The molecule has 3 rings (SSSR count). The Balaban J connectivity index is 2.04. The molecule has 1 heterocycles. The third-order valence-electron chi connectivity index (χ3n) is 5.03. The van der Waals surface area contributed by atoms with E-state index in [0.29, 0.717) is 36.0 Å². The molecule has 0 saturated heterocycles. The lowest BCUT2D eigenvalue weighted by Gasteiger charge is -2.23. The lowest BCUT2D eigenvalue weighted by molar-refractivity contribution is -0.136. The third-order valence-corrected chi connectivity index (χ3v) is 5.03. The van der Waals surface area contributed by atoms with Crippen molar-refractivity contribution in [1.29, 1.82) is 0 Å². The first-order valence-corrected chi connectivity index (χ1v) is 9.68. The minimum atomic E-state index is -0.901. The van der Waals surface area contributed by atoms with Gasteiger partial charge in [0.2, 0.25) is 11.8 Å². The Bertz CT molecular complexity index is 908. The molecule has 1 aliphatic rings. The largest absolute Gasteiger partial charge is 0.496 e. The maximum atomic E-state index is 12.6. The Morgan fingerprint density at radius 2 is 1.90 bits per heavy atom. The fourth-order valence-corrected chi connectivity index (χ4v) is 3.33. The van der Waals surface area contributed by atoms with Gasteiger partial charge < -0.3 is 19.5 Å². The van der Waals surface area contributed by atoms with Crippen LogP contribution in [0.2, 0.25) is 0 Å². The molecule has 1 aromatic heterocycles. The van der Waals surface area contributed by atoms with Gasteiger partial charge in [0.05, 0.1) is 32.9 Å². The van der Waals surface area contributed by atoms with Crippen molar-refractivity contribution < 1.29 is 24.2 Å². The number of pyridine rings is 1. The smallest absolute Gasteiger partial charge is 0.307 e. The summed E-state index contributed by atoms with van der Waals surface area (Å²) in [6, 6.07) is 8.93. The number of hydrogen-bond donors (Lipinski definition) is 1. The second kappa shape index (κ2) is 8.94. The second-order valence-corrected chi connectivity index (χ2v) is 7.08. The summed E-state index contributed by atoms with van der Waals surface area (Å²) in [6.07, 6.45) is 1.80. The van der Waals surface area contributed by atoms with Gasteiger partial charge in [-0.25, -0.2) is 4.98 Å². The van der Waals surface area contributed by atoms with E-state index in [0.717, 1.165) is 24.0 Å². The minimum Gasteiger partial charge on any atom is -0.496 e. The molecule has 1 aromatic carbocycles. The van der Waals surface area contributed by atoms with Crippen LogP contribution in [0.25, 0.3) is 11.1 Å². The van der Waals surface area contributed by atoms with E-state index in [1.54, 1.807) is 43.4 Å². The molecule has 1 N–H and O–H groups in total. The van der Waals surface area contributed by atoms with E-state index < -0.39 is 5.97 Å². The van der Waals surface area contributed by atoms with Crippen LogP contribution >= 0.6 is 0 Å². The van der Waals surface area contributed by atoms with Crippen molar-refractivity contribution >= 4 is 11.9 Å². The monoisotopic (exact) mass is 398 g/mol. The first kappa shape index (κ1) is 20.6. The van der Waals surface area contributed by atoms with E-state index in [1.807, 2.05) is 13.0 Å². The number of hydrogen-bond acceptors (Lipinski definition) is 5. The van der Waals surface area contributed by atoms with Gasteiger partial charge in [-0.05, 0) is 43.5 Å². The predicted octanol–water partition coefficient (Wildman–Crippen LogP) is 3.15. The molecule has 0 atom stereocenters. The van der Waals surface area contributed by atoms with Gasteiger partial charge in [0.25, 0.3) is 0 Å². The van der Waals surface area contributed by atoms with Gasteiger partial charge in [0.15, 0.2) is 0 Å². The highest BCUT2D eigenvalue weighted by molar-refractivity contribution is 5.81. The highest BCUT2D eigenvalue weighted by Crippen LogP contribution is 2.36. The topological polar surface area (TPSA) is 89.0 Å². The number of nitrogens with zero attached hydrogens (tertiary/aromatic N) is 2. The zero-order valence-electron chi connectivity index (χ0n) is 17.0. The standard InChI is InChI=1S/C22H26N2O5/c1-4-24(22(27)15-6-7-15)13-18-16(8-10-20(23-18)29-3)17-11-14(12-21(25)26)5-9-19(17)28-2/h5,8-11,15H,4,6-7,12-13H2,1-3H3,(H,25,26). The Hall–Kier alpha value is -3.09. The van der Waals surface area contributed by atoms with Crippen LogP contribution in [0.15, 0.2) is 30.3 Å². The molecule has 1 fully saturated rings. The molecule has 1 aliphatic carbocycles. The molecule has 0 aliphatic heterocycles. The third kappa shape index (κ3) is 4.85. The van der Waals surface area contributed by atoms with Crippen LogP contribution in [0.4, 0.5) is 0 Å². The minimum absolute atomic E-state index is 0.0861. The van der Waals surface area contributed by atoms with Crippen LogP contribution in [0, 0.1) is 5.92 Å². The van der Waals surface area contributed by atoms with Crippen molar-refractivity contribution in [3.8, 4) is 22.8 Å². The number of methoxy groups -OCH3 is 2. The summed E-state index contributed by atoms with van der Waals surface area (Å²) in [6.45, 7) is 2.89. The number of carbonyl (C=O) groups is 2. The summed E-state index contributed by atoms with van der Waals surface area (Å²) in [5.41, 5.74) is 2.88. The summed E-state index contributed by atoms with van der Waals surface area (Å²) >= 11 is 0. The number of carboxylic acid groups (broad SMARTS) is 1. The fourth-order valence-electron chi connectivity index (χ4n) is 3.33. The number of benzene rings is 1. The zero-order valence-corrected chi connectivity index (χ0v) is 17.0. The summed E-state index contributed by atoms with van der Waals surface area (Å²) in [5, 5.41) is 9.14. The molecule has 0 radical (unpaired) electrons. The Labute approximate surface area is 170 Å². The molecule has 0 bridgehead atoms. The SMILES string of the molecule is CCN(Cc1nc(OC)ccc1-c1cc(CC(=O)O)ccc1OC)C(=O)C1CC1. The summed E-state index contributed by atoms with van der Waals surface area (Å²) in [4.78, 5) is 30.2. The molecule has 1 saturated carbocycles. The van der Waals surface area contributed by atoms with Gasteiger partial charge in [0.1, 0.15) is 5.75 Å². The summed E-state index contributed by atoms with van der Waals surface area (Å²) < 4.78 is 10.8. The zero-order chi connectivity index (χ0) is 21.0. The van der Waals surface area contributed by atoms with E-state index >= 15 is 0 Å². The molecule has 2 aromatic rings. The van der Waals surface area contributed by atoms with Crippen molar-refractivity contribution in [2.24, 2.45) is 5.92 Å². The molecule has 1 amide bonds. The average Bonchev–Trinajstić information content (AvgIpc) is 3.56. The van der Waals surface area contributed by atoms with Crippen LogP contribution in [-0.4, -0.2) is 47.6 Å². The first-order valence-electron chi connectivity index (χ1n) is 9.68. The maximum Gasteiger partial charge on any atom is 0.307 e. The highest BCUT2D eigenvalue weighted by Gasteiger charge is 2.33. The van der Waals surface area contributed by atoms with Gasteiger partial charge in [0, 0.05) is 29.7 Å². The lowest BCUT2D eigenvalue weighted by Crippen LogP contribution is -2.32. The second-order valence-electron chi connectivity index (χ2n) is 7.08. The number of ether oxygens (including phenoxy) is 2. The highest BCUT2D eigenvalue weighted by atomic mass is 16.5. The van der Waals surface area contributed by atoms with Crippen molar-refractivity contribution in [2.75, 3.05) is 20.8 Å². The van der Waals surface area contributed by atoms with Crippen LogP contribution < -0.4 is 9.47 Å². The van der Waals surface area contributed by atoms with Gasteiger partial charge >= 0.3 is 5.97 Å². The van der Waals surface area contributed by atoms with E-state index in [9.17, 15) is 9.59 Å². The number of carbonyl (C=O) groups excluding carboxylic acids is 1. The van der Waals surface area contributed by atoms with Crippen LogP contribution in [-0.2, 0) is 22.6 Å². The number of aromatic nitrogens is 1. The number of aliphatic carboxylic acids is 1. The van der Waals surface area contributed by atoms with Gasteiger partial charge in [-0.3, -0.25) is 9.59 Å². The van der Waals surface area contributed by atoms with Crippen LogP contribution in [0.5, 0.6) is 11.6 Å². The fraction of sp³-hybridized carbons (Fsp3) is 0.409. The van der Waals surface area contributed by atoms with Crippen molar-refractivity contribution in [3.63, 3.8) is 0 Å². The molecule has 0 spiro atoms. The number of carboxylic acids is 1. The summed E-state index contributed by atoms with van der Waals surface area (Å²) in [5.74, 6) is 0.441. The molecule has 29 heavy (non-hydrogen) atoms. The summed E-state index contributed by atoms with van der Waals surface area (Å²) in [7, 11) is 3.12. The van der Waals surface area contributed by atoms with Gasteiger partial charge in [-0.2, -0.15) is 0 Å². The maximum absolute atomic E-state index is 12.6. The van der Waals surface area contributed by atoms with Crippen LogP contribution in [0.3, 0.4) is 0 Å². The number of amides is 1. The average molecular weight is 398 g/mol. The van der Waals surface area contributed by atoms with E-state index in [1.165, 1.54) is 0 Å². The van der Waals surface area contributed by atoms with Crippen molar-refractivity contribution in [1.82, 2.24) is 9.88 Å². The molecular formula is C22H26N2O5. The molecule has 7 nitrogen and oxygen atoms in total. The normalized spacial score (nSPS) is 13.1. The lowest BCUT2D eigenvalue weighted by atomic mass is 9.98. The quantitative estimate of drug-likeness (QED) is 0.698. The number of rotatable bonds is 9. The Morgan fingerprint density at radius 3 is 2.48 bits per heavy atom. The van der Waals surface area contributed by atoms with E-state index in [-0.39, 0.29) is 18.2 Å². The predicted molar refractivity (Wildman–Crippen MR) is 108 cm³/mol. The Morgan fingerprint density at radius 1 is 1.14 bits per heavy atom. The van der Waals surface area contributed by atoms with E-state index in [4.69, 9.17) is 14.6 Å².